The number of aromatic nitrogens is 5. The standard InChI is InChI=1S/C10H8N6/c11-8-6-9-12-14-15-16(9)13-10(8)7-4-2-1-3-5-7/h1-6H,11H2. The molecular weight excluding hydrogens is 204 g/mol. The van der Waals surface area contributed by atoms with Crippen LogP contribution in [0.15, 0.2) is 36.4 Å². The topological polar surface area (TPSA) is 82.0 Å². The highest BCUT2D eigenvalue weighted by molar-refractivity contribution is 5.73. The number of nitrogens with zero attached hydrogens (tertiary/aromatic N) is 5. The van der Waals surface area contributed by atoms with Gasteiger partial charge in [0, 0.05) is 11.6 Å². The molecule has 0 aliphatic heterocycles. The Morgan fingerprint density at radius 2 is 1.94 bits per heavy atom. The van der Waals surface area contributed by atoms with Crippen LogP contribution in [0.1, 0.15) is 0 Å². The molecule has 2 aromatic heterocycles. The van der Waals surface area contributed by atoms with E-state index in [9.17, 15) is 0 Å². The number of rotatable bonds is 1. The molecule has 78 valence electrons. The first kappa shape index (κ1) is 8.78. The Hall–Kier alpha value is -2.50. The molecule has 0 unspecified atom stereocenters. The van der Waals surface area contributed by atoms with Gasteiger partial charge in [0.15, 0.2) is 0 Å². The first-order chi connectivity index (χ1) is 7.84. The lowest BCUT2D eigenvalue weighted by Crippen LogP contribution is -2.01. The number of fused-ring (bicyclic) bond motifs is 1. The van der Waals surface area contributed by atoms with E-state index in [4.69, 9.17) is 5.73 Å². The smallest absolute Gasteiger partial charge is 0.202 e. The highest BCUT2D eigenvalue weighted by Crippen LogP contribution is 2.22. The Morgan fingerprint density at radius 1 is 1.12 bits per heavy atom. The second kappa shape index (κ2) is 3.27. The molecule has 0 aliphatic rings. The Morgan fingerprint density at radius 3 is 2.75 bits per heavy atom. The van der Waals surface area contributed by atoms with Crippen molar-refractivity contribution in [3.63, 3.8) is 0 Å². The molecule has 6 nitrogen and oxygen atoms in total. The van der Waals surface area contributed by atoms with Crippen LogP contribution in [-0.4, -0.2) is 25.3 Å². The second-order valence-electron chi connectivity index (χ2n) is 3.34. The summed E-state index contributed by atoms with van der Waals surface area (Å²) < 4.78 is 1.36. The molecule has 0 saturated carbocycles. The fourth-order valence-corrected chi connectivity index (χ4v) is 1.53. The van der Waals surface area contributed by atoms with Crippen molar-refractivity contribution in [3.05, 3.63) is 36.4 Å². The molecule has 2 N–H and O–H groups in total. The van der Waals surface area contributed by atoms with Gasteiger partial charge in [-0.2, -0.15) is 0 Å². The molecule has 3 aromatic rings. The van der Waals surface area contributed by atoms with Crippen molar-refractivity contribution in [2.45, 2.75) is 0 Å². The van der Waals surface area contributed by atoms with Gasteiger partial charge in [-0.3, -0.25) is 0 Å². The molecule has 6 heteroatoms. The zero-order chi connectivity index (χ0) is 11.0. The SMILES string of the molecule is Nc1cc2nnnn2nc1-c1ccccc1. The van der Waals surface area contributed by atoms with Crippen molar-refractivity contribution >= 4 is 11.3 Å². The number of anilines is 1. The average molecular weight is 212 g/mol. The van der Waals surface area contributed by atoms with Crippen LogP contribution in [0.5, 0.6) is 0 Å². The maximum atomic E-state index is 5.91. The molecule has 0 aliphatic carbocycles. The van der Waals surface area contributed by atoms with Crippen LogP contribution >= 0.6 is 0 Å². The molecule has 0 saturated heterocycles. The minimum atomic E-state index is 0.539. The monoisotopic (exact) mass is 212 g/mol. The lowest BCUT2D eigenvalue weighted by molar-refractivity contribution is 0.737. The molecule has 16 heavy (non-hydrogen) atoms. The van der Waals surface area contributed by atoms with Crippen molar-refractivity contribution in [2.75, 3.05) is 5.73 Å². The lowest BCUT2D eigenvalue weighted by atomic mass is 10.1. The summed E-state index contributed by atoms with van der Waals surface area (Å²) in [4.78, 5) is 0. The molecule has 0 radical (unpaired) electrons. The van der Waals surface area contributed by atoms with Gasteiger partial charge in [0.2, 0.25) is 5.65 Å². The van der Waals surface area contributed by atoms with Crippen LogP contribution in [0.3, 0.4) is 0 Å². The fourth-order valence-electron chi connectivity index (χ4n) is 1.53. The highest BCUT2D eigenvalue weighted by Gasteiger charge is 2.07. The van der Waals surface area contributed by atoms with Crippen LogP contribution in [0, 0.1) is 0 Å². The van der Waals surface area contributed by atoms with Crippen LogP contribution in [0.2, 0.25) is 0 Å². The van der Waals surface area contributed by atoms with Crippen molar-refractivity contribution in [2.24, 2.45) is 0 Å². The predicted octanol–water partition coefficient (Wildman–Crippen LogP) is 0.768. The van der Waals surface area contributed by atoms with Gasteiger partial charge in [-0.1, -0.05) is 30.3 Å². The van der Waals surface area contributed by atoms with Crippen LogP contribution < -0.4 is 5.73 Å². The molecule has 0 spiro atoms. The molecule has 1 aromatic carbocycles. The number of hydrogen-bond donors (Lipinski definition) is 1. The van der Waals surface area contributed by atoms with E-state index in [2.05, 4.69) is 20.6 Å². The summed E-state index contributed by atoms with van der Waals surface area (Å²) in [7, 11) is 0. The minimum absolute atomic E-state index is 0.539. The number of hydrogen-bond acceptors (Lipinski definition) is 5. The Balaban J connectivity index is 2.27. The van der Waals surface area contributed by atoms with Gasteiger partial charge in [-0.15, -0.1) is 14.8 Å². The zero-order valence-electron chi connectivity index (χ0n) is 8.28. The summed E-state index contributed by atoms with van der Waals surface area (Å²) >= 11 is 0. The van der Waals surface area contributed by atoms with E-state index in [-0.39, 0.29) is 0 Å². The Kier molecular flexibility index (Phi) is 1.79. The van der Waals surface area contributed by atoms with E-state index in [0.717, 1.165) is 5.56 Å². The van der Waals surface area contributed by atoms with E-state index in [1.807, 2.05) is 30.3 Å². The summed E-state index contributed by atoms with van der Waals surface area (Å²) in [5.74, 6) is 0. The van der Waals surface area contributed by atoms with Gasteiger partial charge in [0.1, 0.15) is 5.69 Å². The minimum Gasteiger partial charge on any atom is -0.397 e. The normalized spacial score (nSPS) is 10.8. The van der Waals surface area contributed by atoms with Gasteiger partial charge in [0.05, 0.1) is 5.69 Å². The lowest BCUT2D eigenvalue weighted by Gasteiger charge is -2.03. The molecule has 0 bridgehead atoms. The summed E-state index contributed by atoms with van der Waals surface area (Å²) in [6, 6.07) is 11.4. The maximum absolute atomic E-state index is 5.91. The van der Waals surface area contributed by atoms with Crippen LogP contribution in [0.4, 0.5) is 5.69 Å². The zero-order valence-corrected chi connectivity index (χ0v) is 8.28. The van der Waals surface area contributed by atoms with Crippen molar-refractivity contribution < 1.29 is 0 Å². The fraction of sp³-hybridized carbons (Fsp3) is 0. The molecule has 0 atom stereocenters. The summed E-state index contributed by atoms with van der Waals surface area (Å²) in [5, 5.41) is 15.3. The van der Waals surface area contributed by atoms with Crippen LogP contribution in [-0.2, 0) is 0 Å². The third kappa shape index (κ3) is 1.28. The molecule has 2 heterocycles. The van der Waals surface area contributed by atoms with Gasteiger partial charge in [-0.25, -0.2) is 0 Å². The Bertz CT molecular complexity index is 630. The molecule has 0 fully saturated rings. The third-order valence-corrected chi connectivity index (χ3v) is 2.28. The predicted molar refractivity (Wildman–Crippen MR) is 58.4 cm³/mol. The van der Waals surface area contributed by atoms with Crippen molar-refractivity contribution in [3.8, 4) is 11.3 Å². The van der Waals surface area contributed by atoms with E-state index in [1.165, 1.54) is 4.63 Å². The summed E-state index contributed by atoms with van der Waals surface area (Å²) in [6.45, 7) is 0. The largest absolute Gasteiger partial charge is 0.397 e. The van der Waals surface area contributed by atoms with E-state index < -0.39 is 0 Å². The molecular formula is C10H8N6. The number of nitrogens with two attached hydrogens (primary N) is 1. The quantitative estimate of drug-likeness (QED) is 0.644. The van der Waals surface area contributed by atoms with Crippen molar-refractivity contribution in [1.29, 1.82) is 0 Å². The average Bonchev–Trinajstić information content (AvgIpc) is 2.76. The van der Waals surface area contributed by atoms with Crippen LogP contribution in [0.25, 0.3) is 16.9 Å². The summed E-state index contributed by atoms with van der Waals surface area (Å²) in [5.41, 5.74) is 8.63. The number of benzene rings is 1. The highest BCUT2D eigenvalue weighted by atomic mass is 15.6. The van der Waals surface area contributed by atoms with Gasteiger partial charge < -0.3 is 5.73 Å². The van der Waals surface area contributed by atoms with Crippen molar-refractivity contribution in [1.82, 2.24) is 25.3 Å². The molecule has 0 amide bonds. The summed E-state index contributed by atoms with van der Waals surface area (Å²) in [6.07, 6.45) is 0. The number of nitrogen functional groups attached to an aromatic ring is 1. The number of tetrazole rings is 1. The first-order valence-corrected chi connectivity index (χ1v) is 4.75. The second-order valence-corrected chi connectivity index (χ2v) is 3.34. The maximum Gasteiger partial charge on any atom is 0.202 e. The molecule has 3 rings (SSSR count). The van der Waals surface area contributed by atoms with E-state index in [0.29, 0.717) is 17.0 Å². The van der Waals surface area contributed by atoms with E-state index in [1.54, 1.807) is 6.07 Å². The van der Waals surface area contributed by atoms with Gasteiger partial charge in [0.25, 0.3) is 0 Å². The third-order valence-electron chi connectivity index (χ3n) is 2.28. The first-order valence-electron chi connectivity index (χ1n) is 4.75. The Labute approximate surface area is 90.7 Å². The van der Waals surface area contributed by atoms with E-state index >= 15 is 0 Å². The van der Waals surface area contributed by atoms with Gasteiger partial charge >= 0.3 is 0 Å². The van der Waals surface area contributed by atoms with Gasteiger partial charge in [-0.05, 0) is 10.4 Å².